The highest BCUT2D eigenvalue weighted by atomic mass is 32.2. The second kappa shape index (κ2) is 12.8. The smallest absolute Gasteiger partial charge is 0.190 e. The quantitative estimate of drug-likeness (QED) is 0.364. The molecule has 0 fully saturated rings. The number of rotatable bonds is 11. The minimum atomic E-state index is 0.633. The maximum Gasteiger partial charge on any atom is 0.190 e. The summed E-state index contributed by atoms with van der Waals surface area (Å²) >= 11 is 1.86. The van der Waals surface area contributed by atoms with Crippen LogP contribution in [-0.2, 0) is 6.42 Å². The summed E-state index contributed by atoms with van der Waals surface area (Å²) in [5.41, 5.74) is 1.22. The highest BCUT2D eigenvalue weighted by Crippen LogP contribution is 2.28. The van der Waals surface area contributed by atoms with Crippen molar-refractivity contribution in [3.63, 3.8) is 0 Å². The molecule has 1 aromatic carbocycles. The number of hydrogen-bond acceptors (Lipinski definition) is 4. The summed E-state index contributed by atoms with van der Waals surface area (Å²) in [5, 5.41) is 6.67. The van der Waals surface area contributed by atoms with Crippen LogP contribution in [-0.4, -0.2) is 51.3 Å². The van der Waals surface area contributed by atoms with E-state index in [1.807, 2.05) is 31.7 Å². The first kappa shape index (κ1) is 20.5. The van der Waals surface area contributed by atoms with E-state index < -0.39 is 0 Å². The van der Waals surface area contributed by atoms with Crippen molar-refractivity contribution in [3.8, 4) is 11.5 Å². The lowest BCUT2D eigenvalue weighted by Crippen LogP contribution is -2.38. The van der Waals surface area contributed by atoms with Crippen LogP contribution in [0.1, 0.15) is 25.8 Å². The van der Waals surface area contributed by atoms with Gasteiger partial charge in [0.15, 0.2) is 17.5 Å². The summed E-state index contributed by atoms with van der Waals surface area (Å²) in [6.45, 7) is 7.00. The fourth-order valence-electron chi connectivity index (χ4n) is 2.22. The Morgan fingerprint density at radius 3 is 2.46 bits per heavy atom. The van der Waals surface area contributed by atoms with E-state index in [2.05, 4.69) is 34.0 Å². The zero-order chi connectivity index (χ0) is 17.6. The molecule has 0 aliphatic rings. The topological polar surface area (TPSA) is 54.9 Å². The summed E-state index contributed by atoms with van der Waals surface area (Å²) in [4.78, 5) is 4.25. The van der Waals surface area contributed by atoms with Crippen molar-refractivity contribution < 1.29 is 9.47 Å². The second-order valence-electron chi connectivity index (χ2n) is 5.17. The lowest BCUT2D eigenvalue weighted by molar-refractivity contribution is 0.287. The molecule has 1 aromatic rings. The van der Waals surface area contributed by atoms with Crippen LogP contribution in [0.3, 0.4) is 0 Å². The molecular formula is C18H31N3O2S. The number of benzene rings is 1. The molecule has 5 nitrogen and oxygen atoms in total. The van der Waals surface area contributed by atoms with Crippen molar-refractivity contribution in [1.29, 1.82) is 0 Å². The van der Waals surface area contributed by atoms with Crippen molar-refractivity contribution in [1.82, 2.24) is 10.6 Å². The number of hydrogen-bond donors (Lipinski definition) is 2. The Kier molecular flexibility index (Phi) is 10.9. The first-order chi connectivity index (χ1) is 11.7. The van der Waals surface area contributed by atoms with E-state index in [9.17, 15) is 0 Å². The van der Waals surface area contributed by atoms with Gasteiger partial charge in [-0.05, 0) is 56.4 Å². The lowest BCUT2D eigenvalue weighted by Gasteiger charge is -2.14. The third kappa shape index (κ3) is 7.81. The molecule has 0 spiro atoms. The third-order valence-corrected chi connectivity index (χ3v) is 4.05. The van der Waals surface area contributed by atoms with Crippen LogP contribution in [0.25, 0.3) is 0 Å². The van der Waals surface area contributed by atoms with Crippen LogP contribution in [0.5, 0.6) is 11.5 Å². The third-order valence-electron chi connectivity index (χ3n) is 3.36. The SMILES string of the molecule is CCOc1ccc(CCNC(=NC)NCCCSC)cc1OCC. The van der Waals surface area contributed by atoms with Gasteiger partial charge in [-0.25, -0.2) is 0 Å². The number of aliphatic imine (C=N–C) groups is 1. The van der Waals surface area contributed by atoms with Crippen LogP contribution in [0.4, 0.5) is 0 Å². The molecule has 24 heavy (non-hydrogen) atoms. The van der Waals surface area contributed by atoms with Gasteiger partial charge in [0, 0.05) is 20.1 Å². The zero-order valence-corrected chi connectivity index (χ0v) is 16.2. The minimum absolute atomic E-state index is 0.633. The van der Waals surface area contributed by atoms with Crippen molar-refractivity contribution >= 4 is 17.7 Å². The van der Waals surface area contributed by atoms with Crippen molar-refractivity contribution in [2.75, 3.05) is 45.4 Å². The molecule has 0 radical (unpaired) electrons. The van der Waals surface area contributed by atoms with Crippen molar-refractivity contribution in [2.45, 2.75) is 26.7 Å². The molecule has 2 N–H and O–H groups in total. The Balaban J connectivity index is 2.47. The van der Waals surface area contributed by atoms with E-state index in [-0.39, 0.29) is 0 Å². The molecule has 0 atom stereocenters. The zero-order valence-electron chi connectivity index (χ0n) is 15.4. The van der Waals surface area contributed by atoms with Gasteiger partial charge in [-0.15, -0.1) is 0 Å². The molecule has 136 valence electrons. The molecule has 0 saturated heterocycles. The predicted octanol–water partition coefficient (Wildman–Crippen LogP) is 2.94. The predicted molar refractivity (Wildman–Crippen MR) is 105 cm³/mol. The molecular weight excluding hydrogens is 322 g/mol. The van der Waals surface area contributed by atoms with Crippen LogP contribution >= 0.6 is 11.8 Å². The van der Waals surface area contributed by atoms with E-state index >= 15 is 0 Å². The van der Waals surface area contributed by atoms with Crippen LogP contribution in [0.15, 0.2) is 23.2 Å². The highest BCUT2D eigenvalue weighted by molar-refractivity contribution is 7.98. The molecule has 0 saturated carbocycles. The second-order valence-corrected chi connectivity index (χ2v) is 6.15. The number of nitrogens with one attached hydrogen (secondary N) is 2. The average molecular weight is 354 g/mol. The first-order valence-corrected chi connectivity index (χ1v) is 9.96. The summed E-state index contributed by atoms with van der Waals surface area (Å²) in [7, 11) is 1.80. The van der Waals surface area contributed by atoms with E-state index in [1.54, 1.807) is 7.05 Å². The molecule has 0 aliphatic carbocycles. The molecule has 0 bridgehead atoms. The number of nitrogens with zero attached hydrogens (tertiary/aromatic N) is 1. The molecule has 0 aromatic heterocycles. The van der Waals surface area contributed by atoms with Crippen LogP contribution < -0.4 is 20.1 Å². The fourth-order valence-corrected chi connectivity index (χ4v) is 2.65. The summed E-state index contributed by atoms with van der Waals surface area (Å²) < 4.78 is 11.3. The Morgan fingerprint density at radius 1 is 1.08 bits per heavy atom. The van der Waals surface area contributed by atoms with Gasteiger partial charge in [-0.2, -0.15) is 11.8 Å². The molecule has 0 unspecified atom stereocenters. The molecule has 6 heteroatoms. The van der Waals surface area contributed by atoms with E-state index in [0.717, 1.165) is 49.1 Å². The Hall–Kier alpha value is -1.56. The van der Waals surface area contributed by atoms with Gasteiger partial charge in [0.2, 0.25) is 0 Å². The monoisotopic (exact) mass is 353 g/mol. The fraction of sp³-hybridized carbons (Fsp3) is 0.611. The van der Waals surface area contributed by atoms with Crippen molar-refractivity contribution in [3.05, 3.63) is 23.8 Å². The number of ether oxygens (including phenoxy) is 2. The van der Waals surface area contributed by atoms with E-state index in [4.69, 9.17) is 9.47 Å². The Morgan fingerprint density at radius 2 is 1.79 bits per heavy atom. The van der Waals surface area contributed by atoms with Gasteiger partial charge in [-0.3, -0.25) is 4.99 Å². The largest absolute Gasteiger partial charge is 0.490 e. The minimum Gasteiger partial charge on any atom is -0.490 e. The number of thioether (sulfide) groups is 1. The van der Waals surface area contributed by atoms with E-state index in [0.29, 0.717) is 13.2 Å². The number of guanidine groups is 1. The normalized spacial score (nSPS) is 11.2. The Bertz CT molecular complexity index is 495. The van der Waals surface area contributed by atoms with Crippen LogP contribution in [0, 0.1) is 0 Å². The maximum atomic E-state index is 5.67. The van der Waals surface area contributed by atoms with Gasteiger partial charge in [0.05, 0.1) is 13.2 Å². The summed E-state index contributed by atoms with van der Waals surface area (Å²) in [6, 6.07) is 6.13. The first-order valence-electron chi connectivity index (χ1n) is 8.57. The van der Waals surface area contributed by atoms with Crippen molar-refractivity contribution in [2.24, 2.45) is 4.99 Å². The summed E-state index contributed by atoms with van der Waals surface area (Å²) in [6.07, 6.45) is 4.16. The highest BCUT2D eigenvalue weighted by Gasteiger charge is 2.06. The average Bonchev–Trinajstić information content (AvgIpc) is 2.59. The lowest BCUT2D eigenvalue weighted by atomic mass is 10.1. The molecule has 0 aliphatic heterocycles. The molecule has 0 heterocycles. The van der Waals surface area contributed by atoms with Gasteiger partial charge in [-0.1, -0.05) is 6.07 Å². The summed E-state index contributed by atoms with van der Waals surface area (Å²) in [5.74, 6) is 3.64. The molecule has 0 amide bonds. The van der Waals surface area contributed by atoms with Gasteiger partial charge in [0.25, 0.3) is 0 Å². The maximum absolute atomic E-state index is 5.67. The van der Waals surface area contributed by atoms with Crippen LogP contribution in [0.2, 0.25) is 0 Å². The standard InChI is InChI=1S/C18H31N3O2S/c1-5-22-16-9-8-15(14-17(16)23-6-2)10-12-21-18(19-3)20-11-7-13-24-4/h8-9,14H,5-7,10-13H2,1-4H3,(H2,19,20,21). The van der Waals surface area contributed by atoms with Gasteiger partial charge in [0.1, 0.15) is 0 Å². The molecule has 1 rings (SSSR count). The Labute approximate surface area is 150 Å². The van der Waals surface area contributed by atoms with Gasteiger partial charge >= 0.3 is 0 Å². The van der Waals surface area contributed by atoms with E-state index in [1.165, 1.54) is 5.56 Å². The van der Waals surface area contributed by atoms with Gasteiger partial charge < -0.3 is 20.1 Å².